The van der Waals surface area contributed by atoms with Gasteiger partial charge < -0.3 is 20.3 Å². The summed E-state index contributed by atoms with van der Waals surface area (Å²) in [5.41, 5.74) is 0.314. The molecular weight excluding hydrogens is 455 g/mol. The molecule has 0 aromatic carbocycles. The normalized spacial score (nSPS) is 26.8. The number of hydrogen-bond donors (Lipinski definition) is 2. The van der Waals surface area contributed by atoms with Crippen molar-refractivity contribution in [3.63, 3.8) is 0 Å². The summed E-state index contributed by atoms with van der Waals surface area (Å²) in [4.78, 5) is 18.4. The lowest BCUT2D eigenvalue weighted by atomic mass is 9.60. The molecule has 3 aliphatic rings. The van der Waals surface area contributed by atoms with Gasteiger partial charge in [-0.25, -0.2) is 0 Å². The Bertz CT molecular complexity index is 508. The van der Waals surface area contributed by atoms with Crippen LogP contribution in [0.4, 0.5) is 0 Å². The lowest BCUT2D eigenvalue weighted by molar-refractivity contribution is -0.127. The van der Waals surface area contributed by atoms with Gasteiger partial charge in [-0.2, -0.15) is 0 Å². The van der Waals surface area contributed by atoms with Gasteiger partial charge in [0.1, 0.15) is 0 Å². The molecule has 0 aromatic heterocycles. The second-order valence-corrected chi connectivity index (χ2v) is 7.92. The van der Waals surface area contributed by atoms with E-state index in [1.807, 2.05) is 4.90 Å². The highest BCUT2D eigenvalue weighted by Gasteiger charge is 2.56. The van der Waals surface area contributed by atoms with E-state index in [0.717, 1.165) is 64.4 Å². The number of rotatable bonds is 8. The van der Waals surface area contributed by atoms with Gasteiger partial charge in [-0.3, -0.25) is 9.79 Å². The molecule has 0 bridgehead atoms. The fourth-order valence-corrected chi connectivity index (χ4v) is 4.97. The molecule has 6 nitrogen and oxygen atoms in total. The first-order valence-corrected chi connectivity index (χ1v) is 10.6. The van der Waals surface area contributed by atoms with E-state index in [0.29, 0.717) is 23.5 Å². The van der Waals surface area contributed by atoms with Crippen molar-refractivity contribution in [1.82, 2.24) is 15.5 Å². The molecule has 2 aliphatic carbocycles. The Morgan fingerprint density at radius 1 is 1.30 bits per heavy atom. The van der Waals surface area contributed by atoms with E-state index in [4.69, 9.17) is 9.73 Å². The highest BCUT2D eigenvalue weighted by molar-refractivity contribution is 14.0. The highest BCUT2D eigenvalue weighted by atomic mass is 127. The van der Waals surface area contributed by atoms with E-state index in [2.05, 4.69) is 24.5 Å². The van der Waals surface area contributed by atoms with Crippen molar-refractivity contribution in [1.29, 1.82) is 0 Å². The molecule has 0 aromatic rings. The van der Waals surface area contributed by atoms with E-state index >= 15 is 0 Å². The number of carbonyl (C=O) groups is 1. The van der Waals surface area contributed by atoms with Crippen molar-refractivity contribution < 1.29 is 9.53 Å². The number of hydrogen-bond acceptors (Lipinski definition) is 3. The minimum absolute atomic E-state index is 0. The number of halogens is 1. The molecule has 1 heterocycles. The first kappa shape index (κ1) is 22.7. The second-order valence-electron chi connectivity index (χ2n) is 7.92. The first-order valence-electron chi connectivity index (χ1n) is 10.6. The summed E-state index contributed by atoms with van der Waals surface area (Å²) < 4.78 is 6.02. The molecule has 0 radical (unpaired) electrons. The van der Waals surface area contributed by atoms with Gasteiger partial charge in [0.05, 0.1) is 6.10 Å². The monoisotopic (exact) mass is 492 g/mol. The van der Waals surface area contributed by atoms with Gasteiger partial charge in [0.25, 0.3) is 0 Å². The summed E-state index contributed by atoms with van der Waals surface area (Å²) in [6.07, 6.45) is 9.34. The van der Waals surface area contributed by atoms with Crippen LogP contribution in [0.5, 0.6) is 0 Å². The molecule has 1 amide bonds. The molecule has 1 aliphatic heterocycles. The summed E-state index contributed by atoms with van der Waals surface area (Å²) in [6, 6.07) is 0.472. The van der Waals surface area contributed by atoms with E-state index in [1.54, 1.807) is 0 Å². The minimum Gasteiger partial charge on any atom is -0.378 e. The Morgan fingerprint density at radius 3 is 2.70 bits per heavy atom. The predicted molar refractivity (Wildman–Crippen MR) is 120 cm³/mol. The Hall–Kier alpha value is -0.570. The number of guanidine groups is 1. The zero-order valence-corrected chi connectivity index (χ0v) is 19.3. The maximum absolute atomic E-state index is 11.7. The number of ether oxygens (including phenoxy) is 1. The largest absolute Gasteiger partial charge is 0.378 e. The average molecular weight is 492 g/mol. The number of aliphatic imine (C=N–C) groups is 1. The van der Waals surface area contributed by atoms with E-state index in [-0.39, 0.29) is 24.0 Å². The maximum Gasteiger partial charge on any atom is 0.222 e. The standard InChI is InChI=1S/C20H36N4O2.HI/c1-3-21-19(22-12-8-14-24-13-7-9-18(24)25)23-16-15-17(26-4-2)20(16)10-5-6-11-20;/h16-17H,3-15H2,1-2H3,(H2,21,22,23);1H. The summed E-state index contributed by atoms with van der Waals surface area (Å²) in [7, 11) is 0. The third-order valence-electron chi connectivity index (χ3n) is 6.37. The summed E-state index contributed by atoms with van der Waals surface area (Å²) >= 11 is 0. The molecule has 7 heteroatoms. The fourth-order valence-electron chi connectivity index (χ4n) is 4.97. The van der Waals surface area contributed by atoms with Crippen LogP contribution in [0.25, 0.3) is 0 Å². The second kappa shape index (κ2) is 10.8. The fraction of sp³-hybridized carbons (Fsp3) is 0.900. The van der Waals surface area contributed by atoms with Gasteiger partial charge in [0.15, 0.2) is 5.96 Å². The van der Waals surface area contributed by atoms with Gasteiger partial charge in [0.2, 0.25) is 5.91 Å². The van der Waals surface area contributed by atoms with Gasteiger partial charge in [-0.1, -0.05) is 12.8 Å². The van der Waals surface area contributed by atoms with Crippen molar-refractivity contribution in [3.05, 3.63) is 0 Å². The quantitative estimate of drug-likeness (QED) is 0.237. The number of nitrogens with one attached hydrogen (secondary N) is 2. The number of likely N-dealkylation sites (tertiary alicyclic amines) is 1. The van der Waals surface area contributed by atoms with E-state index in [1.165, 1.54) is 25.7 Å². The number of carbonyl (C=O) groups excluding carboxylic acids is 1. The highest BCUT2D eigenvalue weighted by Crippen LogP contribution is 2.54. The van der Waals surface area contributed by atoms with Crippen LogP contribution in [0.1, 0.15) is 65.2 Å². The summed E-state index contributed by atoms with van der Waals surface area (Å²) in [5.74, 6) is 1.23. The van der Waals surface area contributed by atoms with Crippen LogP contribution in [0.2, 0.25) is 0 Å². The number of nitrogens with zero attached hydrogens (tertiary/aromatic N) is 2. The molecule has 1 spiro atoms. The van der Waals surface area contributed by atoms with Crippen molar-refractivity contribution in [3.8, 4) is 0 Å². The molecule has 3 fully saturated rings. The Kier molecular flexibility index (Phi) is 9.11. The van der Waals surface area contributed by atoms with Crippen LogP contribution in [-0.4, -0.2) is 61.7 Å². The third kappa shape index (κ3) is 5.28. The molecule has 156 valence electrons. The lowest BCUT2D eigenvalue weighted by Gasteiger charge is -2.54. The van der Waals surface area contributed by atoms with Crippen LogP contribution < -0.4 is 10.6 Å². The smallest absolute Gasteiger partial charge is 0.222 e. The van der Waals surface area contributed by atoms with Crippen molar-refractivity contribution >= 4 is 35.8 Å². The zero-order valence-electron chi connectivity index (χ0n) is 17.0. The van der Waals surface area contributed by atoms with Gasteiger partial charge in [0, 0.05) is 50.7 Å². The van der Waals surface area contributed by atoms with Crippen LogP contribution in [-0.2, 0) is 9.53 Å². The van der Waals surface area contributed by atoms with E-state index < -0.39 is 0 Å². The minimum atomic E-state index is 0. The Morgan fingerprint density at radius 2 is 2.07 bits per heavy atom. The zero-order chi connectivity index (χ0) is 18.4. The summed E-state index contributed by atoms with van der Waals surface area (Å²) in [5, 5.41) is 7.08. The summed E-state index contributed by atoms with van der Waals surface area (Å²) in [6.45, 7) is 8.39. The molecular formula is C20H37IN4O2. The molecule has 1 saturated heterocycles. The van der Waals surface area contributed by atoms with Gasteiger partial charge >= 0.3 is 0 Å². The van der Waals surface area contributed by atoms with Gasteiger partial charge in [-0.15, -0.1) is 24.0 Å². The molecule has 2 saturated carbocycles. The molecule has 2 N–H and O–H groups in total. The van der Waals surface area contributed by atoms with E-state index in [9.17, 15) is 4.79 Å². The first-order chi connectivity index (χ1) is 12.7. The average Bonchev–Trinajstić information content (AvgIpc) is 3.28. The SMILES string of the molecule is CCNC(=NCCCN1CCCC1=O)NC1CC(OCC)C12CCCC2.I. The molecule has 27 heavy (non-hydrogen) atoms. The van der Waals surface area contributed by atoms with Crippen molar-refractivity contribution in [2.24, 2.45) is 10.4 Å². The molecule has 2 unspecified atom stereocenters. The predicted octanol–water partition coefficient (Wildman–Crippen LogP) is 2.91. The number of amides is 1. The van der Waals surface area contributed by atoms with Crippen LogP contribution in [0.15, 0.2) is 4.99 Å². The van der Waals surface area contributed by atoms with Crippen molar-refractivity contribution in [2.75, 3.05) is 32.8 Å². The maximum atomic E-state index is 11.7. The molecule has 3 rings (SSSR count). The molecule has 2 atom stereocenters. The topological polar surface area (TPSA) is 66.0 Å². The van der Waals surface area contributed by atoms with Crippen molar-refractivity contribution in [2.45, 2.75) is 77.4 Å². The third-order valence-corrected chi connectivity index (χ3v) is 6.37. The Labute approximate surface area is 181 Å². The lowest BCUT2D eigenvalue weighted by Crippen LogP contribution is -2.65. The van der Waals surface area contributed by atoms with Crippen LogP contribution in [0, 0.1) is 5.41 Å². The Balaban J connectivity index is 0.00000261. The van der Waals surface area contributed by atoms with Crippen LogP contribution in [0.3, 0.4) is 0 Å². The van der Waals surface area contributed by atoms with Gasteiger partial charge in [-0.05, 0) is 46.0 Å². The van der Waals surface area contributed by atoms with Crippen LogP contribution >= 0.6 is 24.0 Å².